The molecule has 24 heavy (non-hydrogen) atoms. The minimum atomic E-state index is -1.54. The molecule has 0 radical (unpaired) electrons. The molecule has 1 aliphatic rings. The monoisotopic (exact) mass is 341 g/mol. The van der Waals surface area contributed by atoms with Crippen LogP contribution in [0.4, 0.5) is 10.5 Å². The molecular formula is C14H15NO9. The van der Waals surface area contributed by atoms with Crippen LogP contribution in [0.1, 0.15) is 6.92 Å². The average Bonchev–Trinajstić information content (AvgIpc) is 2.56. The summed E-state index contributed by atoms with van der Waals surface area (Å²) in [6.07, 6.45) is -1.80. The second-order valence-electron chi connectivity index (χ2n) is 4.90. The molecule has 1 heterocycles. The van der Waals surface area contributed by atoms with Crippen LogP contribution < -0.4 is 4.74 Å². The Kier molecular flexibility index (Phi) is 5.31. The van der Waals surface area contributed by atoms with Crippen molar-refractivity contribution < 1.29 is 38.2 Å². The van der Waals surface area contributed by atoms with Gasteiger partial charge in [0.2, 0.25) is 0 Å². The Morgan fingerprint density at radius 2 is 1.83 bits per heavy atom. The predicted molar refractivity (Wildman–Crippen MR) is 76.3 cm³/mol. The van der Waals surface area contributed by atoms with Crippen LogP contribution in [0.15, 0.2) is 24.3 Å². The Morgan fingerprint density at radius 1 is 1.25 bits per heavy atom. The van der Waals surface area contributed by atoms with Gasteiger partial charge in [0.25, 0.3) is 11.5 Å². The van der Waals surface area contributed by atoms with Gasteiger partial charge >= 0.3 is 12.1 Å². The lowest BCUT2D eigenvalue weighted by atomic mass is 10.2. The predicted octanol–water partition coefficient (Wildman–Crippen LogP) is 1.41. The quantitative estimate of drug-likeness (QED) is 0.346. The molecule has 0 aromatic heterocycles. The number of nitrogens with zero attached hydrogens (tertiary/aromatic N) is 1. The molecule has 1 aliphatic heterocycles. The Labute approximate surface area is 136 Å². The number of methoxy groups -OCH3 is 1. The molecule has 1 fully saturated rings. The standard InChI is InChI=1S/C14H15NO9/c1-14(12(16)20-2)21-7-11(8-22-14)24-13(17)23-10-5-3-9(4-6-10)15(18)19/h3-6,11H,7-8H2,1-2H3. The van der Waals surface area contributed by atoms with E-state index in [4.69, 9.17) is 18.9 Å². The summed E-state index contributed by atoms with van der Waals surface area (Å²) < 4.78 is 24.9. The molecule has 0 unspecified atom stereocenters. The van der Waals surface area contributed by atoms with E-state index in [1.54, 1.807) is 0 Å². The van der Waals surface area contributed by atoms with E-state index in [1.807, 2.05) is 0 Å². The van der Waals surface area contributed by atoms with Crippen LogP contribution >= 0.6 is 0 Å². The van der Waals surface area contributed by atoms with Crippen molar-refractivity contribution in [1.29, 1.82) is 0 Å². The Hall–Kier alpha value is -2.72. The Balaban J connectivity index is 1.83. The van der Waals surface area contributed by atoms with Crippen molar-refractivity contribution in [1.82, 2.24) is 0 Å². The first-order chi connectivity index (χ1) is 11.3. The van der Waals surface area contributed by atoms with E-state index in [0.29, 0.717) is 0 Å². The molecular weight excluding hydrogens is 326 g/mol. The smallest absolute Gasteiger partial charge is 0.465 e. The van der Waals surface area contributed by atoms with E-state index >= 15 is 0 Å². The fourth-order valence-corrected chi connectivity index (χ4v) is 1.86. The number of nitro benzene ring substituents is 1. The topological polar surface area (TPSA) is 123 Å². The van der Waals surface area contributed by atoms with Gasteiger partial charge in [0, 0.05) is 19.1 Å². The van der Waals surface area contributed by atoms with Crippen molar-refractivity contribution in [3.8, 4) is 5.75 Å². The lowest BCUT2D eigenvalue weighted by Crippen LogP contribution is -2.51. The fourth-order valence-electron chi connectivity index (χ4n) is 1.86. The number of hydrogen-bond acceptors (Lipinski definition) is 9. The lowest BCUT2D eigenvalue weighted by molar-refractivity contribution is -0.384. The molecule has 10 heteroatoms. The molecule has 130 valence electrons. The average molecular weight is 341 g/mol. The maximum atomic E-state index is 11.7. The lowest BCUT2D eigenvalue weighted by Gasteiger charge is -2.34. The molecule has 0 amide bonds. The summed E-state index contributed by atoms with van der Waals surface area (Å²) in [6, 6.07) is 4.91. The third kappa shape index (κ3) is 4.18. The summed E-state index contributed by atoms with van der Waals surface area (Å²) >= 11 is 0. The number of non-ortho nitro benzene ring substituents is 1. The van der Waals surface area contributed by atoms with Gasteiger partial charge in [-0.1, -0.05) is 0 Å². The number of carbonyl (C=O) groups is 2. The largest absolute Gasteiger partial charge is 0.514 e. The highest BCUT2D eigenvalue weighted by molar-refractivity contribution is 5.77. The number of carbonyl (C=O) groups excluding carboxylic acids is 2. The molecule has 0 atom stereocenters. The SMILES string of the molecule is COC(=O)C1(C)OCC(OC(=O)Oc2ccc([N+](=O)[O-])cc2)CO1. The van der Waals surface area contributed by atoms with Crippen molar-refractivity contribution in [2.75, 3.05) is 20.3 Å². The van der Waals surface area contributed by atoms with Gasteiger partial charge in [-0.25, -0.2) is 9.59 Å². The van der Waals surface area contributed by atoms with Crippen molar-refractivity contribution in [2.45, 2.75) is 18.8 Å². The van der Waals surface area contributed by atoms with E-state index < -0.39 is 28.9 Å². The maximum absolute atomic E-state index is 11.7. The van der Waals surface area contributed by atoms with E-state index in [2.05, 4.69) is 4.74 Å². The molecule has 1 aromatic rings. The van der Waals surface area contributed by atoms with Gasteiger partial charge in [-0.2, -0.15) is 0 Å². The van der Waals surface area contributed by atoms with E-state index in [9.17, 15) is 19.7 Å². The summed E-state index contributed by atoms with van der Waals surface area (Å²) in [4.78, 5) is 33.1. The van der Waals surface area contributed by atoms with Gasteiger partial charge in [-0.05, 0) is 12.1 Å². The van der Waals surface area contributed by atoms with Gasteiger partial charge in [-0.15, -0.1) is 0 Å². The van der Waals surface area contributed by atoms with E-state index in [-0.39, 0.29) is 24.7 Å². The number of nitro groups is 1. The molecule has 0 aliphatic carbocycles. The van der Waals surface area contributed by atoms with Crippen molar-refractivity contribution in [3.63, 3.8) is 0 Å². The number of ether oxygens (including phenoxy) is 5. The van der Waals surface area contributed by atoms with Crippen LogP contribution in [-0.2, 0) is 23.7 Å². The molecule has 0 spiro atoms. The first-order valence-electron chi connectivity index (χ1n) is 6.83. The summed E-state index contributed by atoms with van der Waals surface area (Å²) in [5, 5.41) is 10.5. The highest BCUT2D eigenvalue weighted by Crippen LogP contribution is 2.22. The number of benzene rings is 1. The van der Waals surface area contributed by atoms with Gasteiger partial charge in [0.15, 0.2) is 6.10 Å². The molecule has 2 rings (SSSR count). The second kappa shape index (κ2) is 7.23. The molecule has 10 nitrogen and oxygen atoms in total. The summed E-state index contributed by atoms with van der Waals surface area (Å²) in [5.41, 5.74) is -0.133. The zero-order valence-electron chi connectivity index (χ0n) is 12.9. The number of rotatable bonds is 4. The van der Waals surface area contributed by atoms with Crippen molar-refractivity contribution in [3.05, 3.63) is 34.4 Å². The van der Waals surface area contributed by atoms with Gasteiger partial charge in [0.05, 0.1) is 25.2 Å². The zero-order valence-corrected chi connectivity index (χ0v) is 12.9. The zero-order chi connectivity index (χ0) is 17.7. The summed E-state index contributed by atoms with van der Waals surface area (Å²) in [5.74, 6) is -2.16. The molecule has 0 saturated carbocycles. The van der Waals surface area contributed by atoms with Gasteiger partial charge in [-0.3, -0.25) is 10.1 Å². The first kappa shape index (κ1) is 17.6. The Bertz CT molecular complexity index is 620. The minimum absolute atomic E-state index is 0.0824. The normalized spacial score (nSPS) is 23.2. The van der Waals surface area contributed by atoms with E-state index in [0.717, 1.165) is 0 Å². The van der Waals surface area contributed by atoms with Gasteiger partial charge in [0.1, 0.15) is 5.75 Å². The van der Waals surface area contributed by atoms with Crippen molar-refractivity contribution >= 4 is 17.8 Å². The van der Waals surface area contributed by atoms with E-state index in [1.165, 1.54) is 38.3 Å². The molecule has 1 saturated heterocycles. The summed E-state index contributed by atoms with van der Waals surface area (Å²) in [6.45, 7) is 1.23. The van der Waals surface area contributed by atoms with Gasteiger partial charge < -0.3 is 23.7 Å². The molecule has 0 N–H and O–H groups in total. The highest BCUT2D eigenvalue weighted by atomic mass is 16.8. The minimum Gasteiger partial charge on any atom is -0.465 e. The molecule has 1 aromatic carbocycles. The first-order valence-corrected chi connectivity index (χ1v) is 6.83. The van der Waals surface area contributed by atoms with Crippen LogP contribution in [0, 0.1) is 10.1 Å². The number of esters is 1. The van der Waals surface area contributed by atoms with Crippen molar-refractivity contribution in [2.24, 2.45) is 0 Å². The fraction of sp³-hybridized carbons (Fsp3) is 0.429. The molecule has 0 bridgehead atoms. The van der Waals surface area contributed by atoms with Crippen LogP contribution in [0.3, 0.4) is 0 Å². The maximum Gasteiger partial charge on any atom is 0.514 e. The highest BCUT2D eigenvalue weighted by Gasteiger charge is 2.42. The van der Waals surface area contributed by atoms with Crippen LogP contribution in [-0.4, -0.2) is 49.3 Å². The third-order valence-electron chi connectivity index (χ3n) is 3.16. The third-order valence-corrected chi connectivity index (χ3v) is 3.16. The van der Waals surface area contributed by atoms with Crippen LogP contribution in [0.2, 0.25) is 0 Å². The van der Waals surface area contributed by atoms with Crippen LogP contribution in [0.25, 0.3) is 0 Å². The summed E-state index contributed by atoms with van der Waals surface area (Å²) in [7, 11) is 1.20. The number of hydrogen-bond donors (Lipinski definition) is 0. The Morgan fingerprint density at radius 3 is 2.33 bits per heavy atom. The van der Waals surface area contributed by atoms with Crippen LogP contribution in [0.5, 0.6) is 5.75 Å². The second-order valence-corrected chi connectivity index (χ2v) is 4.90.